The summed E-state index contributed by atoms with van der Waals surface area (Å²) in [7, 11) is 3.76. The Morgan fingerprint density at radius 1 is 1.12 bits per heavy atom. The van der Waals surface area contributed by atoms with Gasteiger partial charge in [-0.3, -0.25) is 9.78 Å². The SMILES string of the molecule is COc1ccc(C(=O)Nc2c(Cl)cncc2Cl)c2c3c(n(Cc4ccccc4)c12)CCN(C)C3. The van der Waals surface area contributed by atoms with Gasteiger partial charge in [0, 0.05) is 55.1 Å². The maximum absolute atomic E-state index is 13.6. The number of anilines is 1. The highest BCUT2D eigenvalue weighted by Crippen LogP contribution is 2.39. The van der Waals surface area contributed by atoms with Crippen molar-refractivity contribution in [3.8, 4) is 5.75 Å². The molecular weight excluding hydrogens is 471 g/mol. The van der Waals surface area contributed by atoms with Crippen LogP contribution in [0.5, 0.6) is 5.75 Å². The number of benzene rings is 2. The van der Waals surface area contributed by atoms with Gasteiger partial charge in [0.2, 0.25) is 0 Å². The maximum Gasteiger partial charge on any atom is 0.256 e. The number of carbonyl (C=O) groups is 1. The molecule has 6 nitrogen and oxygen atoms in total. The van der Waals surface area contributed by atoms with E-state index < -0.39 is 0 Å². The highest BCUT2D eigenvalue weighted by molar-refractivity contribution is 6.40. The van der Waals surface area contributed by atoms with Gasteiger partial charge in [0.15, 0.2) is 0 Å². The minimum Gasteiger partial charge on any atom is -0.495 e. The zero-order valence-corrected chi connectivity index (χ0v) is 20.5. The minimum absolute atomic E-state index is 0.282. The number of pyridine rings is 1. The van der Waals surface area contributed by atoms with E-state index in [4.69, 9.17) is 27.9 Å². The normalized spacial score (nSPS) is 13.6. The lowest BCUT2D eigenvalue weighted by Gasteiger charge is -2.24. The molecule has 0 atom stereocenters. The van der Waals surface area contributed by atoms with Gasteiger partial charge < -0.3 is 19.5 Å². The molecule has 8 heteroatoms. The van der Waals surface area contributed by atoms with E-state index in [0.29, 0.717) is 17.8 Å². The third-order valence-corrected chi connectivity index (χ3v) is 6.86. The zero-order valence-electron chi connectivity index (χ0n) is 18.9. The summed E-state index contributed by atoms with van der Waals surface area (Å²) in [5.74, 6) is 0.454. The van der Waals surface area contributed by atoms with Crippen LogP contribution in [0, 0.1) is 0 Å². The Morgan fingerprint density at radius 2 is 1.85 bits per heavy atom. The number of fused-ring (bicyclic) bond motifs is 3. The first-order chi connectivity index (χ1) is 16.5. The van der Waals surface area contributed by atoms with E-state index in [2.05, 4.69) is 38.9 Å². The molecule has 1 aliphatic heterocycles. The third-order valence-electron chi connectivity index (χ3n) is 6.29. The average Bonchev–Trinajstić information content (AvgIpc) is 3.15. The van der Waals surface area contributed by atoms with Crippen molar-refractivity contribution >= 4 is 45.7 Å². The van der Waals surface area contributed by atoms with Crippen molar-refractivity contribution in [3.05, 3.63) is 87.3 Å². The maximum atomic E-state index is 13.6. The van der Waals surface area contributed by atoms with Gasteiger partial charge in [-0.2, -0.15) is 0 Å². The number of amides is 1. The molecule has 0 spiro atoms. The summed E-state index contributed by atoms with van der Waals surface area (Å²) < 4.78 is 8.09. The summed E-state index contributed by atoms with van der Waals surface area (Å²) in [5, 5.41) is 4.37. The fraction of sp³-hybridized carbons (Fsp3) is 0.231. The first-order valence-corrected chi connectivity index (χ1v) is 11.8. The molecule has 0 radical (unpaired) electrons. The predicted molar refractivity (Wildman–Crippen MR) is 136 cm³/mol. The van der Waals surface area contributed by atoms with Crippen molar-refractivity contribution in [2.24, 2.45) is 0 Å². The molecule has 0 aliphatic carbocycles. The lowest BCUT2D eigenvalue weighted by atomic mass is 10.00. The molecule has 0 bridgehead atoms. The Balaban J connectivity index is 1.70. The van der Waals surface area contributed by atoms with Crippen LogP contribution in [0.15, 0.2) is 54.9 Å². The molecule has 2 aromatic heterocycles. The highest BCUT2D eigenvalue weighted by atomic mass is 35.5. The Labute approximate surface area is 208 Å². The van der Waals surface area contributed by atoms with Crippen molar-refractivity contribution in [1.82, 2.24) is 14.5 Å². The summed E-state index contributed by atoms with van der Waals surface area (Å²) in [6, 6.07) is 14.0. The number of rotatable bonds is 5. The smallest absolute Gasteiger partial charge is 0.256 e. The van der Waals surface area contributed by atoms with Gasteiger partial charge in [0.1, 0.15) is 5.75 Å². The summed E-state index contributed by atoms with van der Waals surface area (Å²) in [4.78, 5) is 19.8. The van der Waals surface area contributed by atoms with Crippen LogP contribution in [0.1, 0.15) is 27.2 Å². The number of carbonyl (C=O) groups excluding carboxylic acids is 1. The number of nitrogens with one attached hydrogen (secondary N) is 1. The molecule has 1 aliphatic rings. The second-order valence-corrected chi connectivity index (χ2v) is 9.27. The van der Waals surface area contributed by atoms with Crippen LogP contribution in [0.25, 0.3) is 10.9 Å². The van der Waals surface area contributed by atoms with Crippen LogP contribution in [0.4, 0.5) is 5.69 Å². The monoisotopic (exact) mass is 494 g/mol. The molecule has 1 amide bonds. The number of aromatic nitrogens is 2. The van der Waals surface area contributed by atoms with Crippen LogP contribution in [-0.4, -0.2) is 41.1 Å². The molecule has 5 rings (SSSR count). The largest absolute Gasteiger partial charge is 0.495 e. The molecule has 0 saturated carbocycles. The second-order valence-electron chi connectivity index (χ2n) is 8.46. The van der Waals surface area contributed by atoms with E-state index in [9.17, 15) is 4.79 Å². The summed E-state index contributed by atoms with van der Waals surface area (Å²) in [5.41, 5.74) is 5.39. The molecule has 3 heterocycles. The number of hydrogen-bond donors (Lipinski definition) is 1. The van der Waals surface area contributed by atoms with Gasteiger partial charge in [-0.15, -0.1) is 0 Å². The second kappa shape index (κ2) is 9.29. The van der Waals surface area contributed by atoms with E-state index in [-0.39, 0.29) is 16.0 Å². The van der Waals surface area contributed by atoms with Crippen molar-refractivity contribution in [2.75, 3.05) is 26.0 Å². The van der Waals surface area contributed by atoms with E-state index in [1.807, 2.05) is 24.3 Å². The Bertz CT molecular complexity index is 1360. The van der Waals surface area contributed by atoms with Crippen LogP contribution in [0.2, 0.25) is 10.0 Å². The van der Waals surface area contributed by atoms with Crippen LogP contribution in [0.3, 0.4) is 0 Å². The summed E-state index contributed by atoms with van der Waals surface area (Å²) in [6.45, 7) is 2.39. The Hall–Kier alpha value is -3.06. The van der Waals surface area contributed by atoms with Crippen LogP contribution in [-0.2, 0) is 19.5 Å². The summed E-state index contributed by atoms with van der Waals surface area (Å²) in [6.07, 6.45) is 3.80. The molecule has 4 aromatic rings. The lowest BCUT2D eigenvalue weighted by Crippen LogP contribution is -2.27. The van der Waals surface area contributed by atoms with Gasteiger partial charge in [-0.25, -0.2) is 0 Å². The molecular formula is C26H24Cl2N4O2. The third kappa shape index (κ3) is 4.02. The number of likely N-dealkylation sites (N-methyl/N-ethyl adjacent to an activating group) is 1. The summed E-state index contributed by atoms with van der Waals surface area (Å²) >= 11 is 12.5. The molecule has 0 saturated heterocycles. The number of ether oxygens (including phenoxy) is 1. The van der Waals surface area contributed by atoms with Crippen molar-refractivity contribution in [2.45, 2.75) is 19.5 Å². The molecule has 174 valence electrons. The molecule has 0 unspecified atom stereocenters. The number of methoxy groups -OCH3 is 1. The number of nitrogens with zero attached hydrogens (tertiary/aromatic N) is 3. The van der Waals surface area contributed by atoms with Gasteiger partial charge in [0.25, 0.3) is 5.91 Å². The van der Waals surface area contributed by atoms with Crippen molar-refractivity contribution in [3.63, 3.8) is 0 Å². The van der Waals surface area contributed by atoms with E-state index in [1.54, 1.807) is 13.2 Å². The average molecular weight is 495 g/mol. The van der Waals surface area contributed by atoms with E-state index in [1.165, 1.54) is 23.7 Å². The molecule has 34 heavy (non-hydrogen) atoms. The number of hydrogen-bond acceptors (Lipinski definition) is 4. The zero-order chi connectivity index (χ0) is 23.8. The lowest BCUT2D eigenvalue weighted by molar-refractivity contribution is 0.102. The van der Waals surface area contributed by atoms with Gasteiger partial charge >= 0.3 is 0 Å². The molecule has 0 fully saturated rings. The topological polar surface area (TPSA) is 59.4 Å². The van der Waals surface area contributed by atoms with E-state index >= 15 is 0 Å². The van der Waals surface area contributed by atoms with Gasteiger partial charge in [0.05, 0.1) is 28.4 Å². The van der Waals surface area contributed by atoms with E-state index in [0.717, 1.165) is 41.7 Å². The highest BCUT2D eigenvalue weighted by Gasteiger charge is 2.28. The quantitative estimate of drug-likeness (QED) is 0.389. The Kier molecular flexibility index (Phi) is 6.21. The predicted octanol–water partition coefficient (Wildman–Crippen LogP) is 5.64. The fourth-order valence-corrected chi connectivity index (χ4v) is 5.15. The van der Waals surface area contributed by atoms with Crippen molar-refractivity contribution in [1.29, 1.82) is 0 Å². The van der Waals surface area contributed by atoms with Crippen LogP contribution >= 0.6 is 23.2 Å². The standard InChI is InChI=1S/C26H24Cl2N4O2/c1-31-11-10-21-18(15-31)23-17(26(33)30-24-19(27)12-29-13-20(24)28)8-9-22(34-2)25(23)32(21)14-16-6-4-3-5-7-16/h3-9,12-13H,10-11,14-15H2,1-2H3,(H,29,30,33). The number of halogens is 2. The Morgan fingerprint density at radius 3 is 2.56 bits per heavy atom. The van der Waals surface area contributed by atoms with Gasteiger partial charge in [-0.05, 0) is 30.3 Å². The van der Waals surface area contributed by atoms with Crippen LogP contribution < -0.4 is 10.1 Å². The molecule has 2 aromatic carbocycles. The van der Waals surface area contributed by atoms with Gasteiger partial charge in [-0.1, -0.05) is 53.5 Å². The first-order valence-electron chi connectivity index (χ1n) is 11.0. The van der Waals surface area contributed by atoms with Crippen molar-refractivity contribution < 1.29 is 9.53 Å². The minimum atomic E-state index is -0.282. The first kappa shape index (κ1) is 22.7. The fourth-order valence-electron chi connectivity index (χ4n) is 4.70. The molecule has 1 N–H and O–H groups in total.